The smallest absolute Gasteiger partial charge is 0.211 e. The molecule has 0 spiro atoms. The number of nitrogens with one attached hydrogen (secondary N) is 1. The summed E-state index contributed by atoms with van der Waals surface area (Å²) < 4.78 is 26.7. The predicted molar refractivity (Wildman–Crippen MR) is 70.9 cm³/mol. The molecule has 5 heteroatoms. The molecule has 17 heavy (non-hydrogen) atoms. The Bertz CT molecular complexity index is 471. The van der Waals surface area contributed by atoms with Gasteiger partial charge in [0.1, 0.15) is 0 Å². The first kappa shape index (κ1) is 14.5. The van der Waals surface area contributed by atoms with Crippen molar-refractivity contribution in [3.8, 4) is 0 Å². The van der Waals surface area contributed by atoms with E-state index in [2.05, 4.69) is 4.72 Å². The van der Waals surface area contributed by atoms with E-state index in [0.717, 1.165) is 17.5 Å². The van der Waals surface area contributed by atoms with Gasteiger partial charge < -0.3 is 0 Å². The van der Waals surface area contributed by atoms with Gasteiger partial charge in [-0.1, -0.05) is 26.0 Å². The molecular weight excluding hydrogens is 258 g/mol. The molecule has 0 aliphatic carbocycles. The molecule has 0 bridgehead atoms. The zero-order valence-electron chi connectivity index (χ0n) is 10.2. The summed E-state index contributed by atoms with van der Waals surface area (Å²) in [4.78, 5) is 0.353. The number of aryl methyl sites for hydroxylation is 1. The van der Waals surface area contributed by atoms with E-state index in [-0.39, 0.29) is 0 Å². The van der Waals surface area contributed by atoms with Crippen molar-refractivity contribution >= 4 is 21.6 Å². The Balaban J connectivity index is 3.17. The summed E-state index contributed by atoms with van der Waals surface area (Å²) in [6, 6.07) is 5.35. The largest absolute Gasteiger partial charge is 0.240 e. The van der Waals surface area contributed by atoms with Gasteiger partial charge in [-0.3, -0.25) is 0 Å². The van der Waals surface area contributed by atoms with Crippen LogP contribution in [0.5, 0.6) is 0 Å². The summed E-state index contributed by atoms with van der Waals surface area (Å²) in [6.45, 7) is 4.32. The van der Waals surface area contributed by atoms with Crippen molar-refractivity contribution < 1.29 is 8.42 Å². The molecule has 0 aliphatic heterocycles. The van der Waals surface area contributed by atoms with E-state index < -0.39 is 10.0 Å². The molecule has 0 heterocycles. The highest BCUT2D eigenvalue weighted by Gasteiger charge is 2.17. The highest BCUT2D eigenvalue weighted by Crippen LogP contribution is 2.19. The monoisotopic (exact) mass is 275 g/mol. The number of hydrogen-bond acceptors (Lipinski definition) is 2. The summed E-state index contributed by atoms with van der Waals surface area (Å²) in [7, 11) is -3.41. The maximum absolute atomic E-state index is 12.1. The summed E-state index contributed by atoms with van der Waals surface area (Å²) in [5, 5.41) is 0. The fraction of sp³-hybridized carbons (Fsp3) is 0.500. The first-order valence-corrected chi connectivity index (χ1v) is 7.74. The van der Waals surface area contributed by atoms with E-state index >= 15 is 0 Å². The summed E-state index contributed by atoms with van der Waals surface area (Å²) >= 11 is 5.73. The predicted octanol–water partition coefficient (Wildman–Crippen LogP) is 2.68. The lowest BCUT2D eigenvalue weighted by molar-refractivity contribution is 0.579. The van der Waals surface area contributed by atoms with E-state index in [1.54, 1.807) is 6.07 Å². The lowest BCUT2D eigenvalue weighted by Crippen LogP contribution is -2.25. The zero-order valence-corrected chi connectivity index (χ0v) is 11.7. The van der Waals surface area contributed by atoms with Crippen molar-refractivity contribution in [3.05, 3.63) is 29.3 Å². The normalized spacial score (nSPS) is 11.7. The molecule has 3 nitrogen and oxygen atoms in total. The van der Waals surface area contributed by atoms with E-state index in [1.807, 2.05) is 26.0 Å². The number of rotatable bonds is 6. The molecular formula is C12H18ClNO2S. The van der Waals surface area contributed by atoms with Crippen LogP contribution < -0.4 is 4.72 Å². The van der Waals surface area contributed by atoms with Crippen LogP contribution in [0.25, 0.3) is 0 Å². The van der Waals surface area contributed by atoms with Gasteiger partial charge in [-0.2, -0.15) is 0 Å². The number of alkyl halides is 1. The second-order valence-electron chi connectivity index (χ2n) is 3.83. The molecule has 0 amide bonds. The van der Waals surface area contributed by atoms with Gasteiger partial charge in [-0.25, -0.2) is 13.1 Å². The van der Waals surface area contributed by atoms with Crippen molar-refractivity contribution in [2.45, 2.75) is 37.5 Å². The third-order valence-corrected chi connectivity index (χ3v) is 4.35. The van der Waals surface area contributed by atoms with Gasteiger partial charge in [-0.05, 0) is 30.0 Å². The van der Waals surface area contributed by atoms with Crippen LogP contribution in [0, 0.1) is 0 Å². The molecule has 0 saturated carbocycles. The molecule has 1 N–H and O–H groups in total. The highest BCUT2D eigenvalue weighted by molar-refractivity contribution is 7.89. The van der Waals surface area contributed by atoms with Crippen molar-refractivity contribution in [1.82, 2.24) is 4.72 Å². The quantitative estimate of drug-likeness (QED) is 0.812. The summed E-state index contributed by atoms with van der Waals surface area (Å²) in [6.07, 6.45) is 1.46. The van der Waals surface area contributed by atoms with Crippen LogP contribution in [0.2, 0.25) is 0 Å². The van der Waals surface area contributed by atoms with Gasteiger partial charge in [0, 0.05) is 12.4 Å². The van der Waals surface area contributed by atoms with Crippen LogP contribution in [-0.2, 0) is 22.3 Å². The number of hydrogen-bond donors (Lipinski definition) is 1. The van der Waals surface area contributed by atoms with Crippen molar-refractivity contribution in [1.29, 1.82) is 0 Å². The van der Waals surface area contributed by atoms with Gasteiger partial charge in [0.2, 0.25) is 10.0 Å². The lowest BCUT2D eigenvalue weighted by Gasteiger charge is -2.11. The van der Waals surface area contributed by atoms with E-state index in [9.17, 15) is 8.42 Å². The van der Waals surface area contributed by atoms with E-state index in [0.29, 0.717) is 23.7 Å². The Morgan fingerprint density at radius 2 is 2.00 bits per heavy atom. The van der Waals surface area contributed by atoms with Gasteiger partial charge in [0.25, 0.3) is 0 Å². The molecule has 0 aliphatic rings. The van der Waals surface area contributed by atoms with Crippen LogP contribution in [0.1, 0.15) is 31.4 Å². The maximum atomic E-state index is 12.1. The van der Waals surface area contributed by atoms with Gasteiger partial charge in [0.15, 0.2) is 0 Å². The fourth-order valence-corrected chi connectivity index (χ4v) is 3.20. The van der Waals surface area contributed by atoms with E-state index in [1.165, 1.54) is 0 Å². The molecule has 0 fully saturated rings. The third-order valence-electron chi connectivity index (χ3n) is 2.50. The first-order valence-electron chi connectivity index (χ1n) is 5.72. The molecule has 1 rings (SSSR count). The number of sulfonamides is 1. The van der Waals surface area contributed by atoms with Gasteiger partial charge >= 0.3 is 0 Å². The van der Waals surface area contributed by atoms with Crippen LogP contribution in [0.4, 0.5) is 0 Å². The van der Waals surface area contributed by atoms with Crippen molar-refractivity contribution in [3.63, 3.8) is 0 Å². The van der Waals surface area contributed by atoms with Gasteiger partial charge in [0.05, 0.1) is 4.90 Å². The molecule has 0 saturated heterocycles. The highest BCUT2D eigenvalue weighted by atomic mass is 35.5. The summed E-state index contributed by atoms with van der Waals surface area (Å²) in [5.41, 5.74) is 1.64. The molecule has 0 aromatic heterocycles. The second kappa shape index (κ2) is 6.38. The standard InChI is InChI=1S/C12H18ClNO2S/c1-3-7-14-17(15,16)12-8-10(9-13)5-6-11(12)4-2/h5-6,8,14H,3-4,7,9H2,1-2H3. The van der Waals surface area contributed by atoms with Crippen LogP contribution in [-0.4, -0.2) is 15.0 Å². The summed E-state index contributed by atoms with van der Waals surface area (Å²) in [5.74, 6) is 0.320. The Morgan fingerprint density at radius 1 is 1.29 bits per heavy atom. The minimum atomic E-state index is -3.41. The molecule has 0 radical (unpaired) electrons. The van der Waals surface area contributed by atoms with Crippen molar-refractivity contribution in [2.75, 3.05) is 6.54 Å². The first-order chi connectivity index (χ1) is 8.05. The number of benzene rings is 1. The van der Waals surface area contributed by atoms with Crippen LogP contribution in [0.15, 0.2) is 23.1 Å². The average molecular weight is 276 g/mol. The fourth-order valence-electron chi connectivity index (χ4n) is 1.54. The molecule has 0 unspecified atom stereocenters. The maximum Gasteiger partial charge on any atom is 0.240 e. The van der Waals surface area contributed by atoms with E-state index in [4.69, 9.17) is 11.6 Å². The second-order valence-corrected chi connectivity index (χ2v) is 5.83. The lowest BCUT2D eigenvalue weighted by atomic mass is 10.1. The minimum absolute atomic E-state index is 0.320. The zero-order chi connectivity index (χ0) is 12.9. The molecule has 1 aromatic carbocycles. The Kier molecular flexibility index (Phi) is 5.43. The van der Waals surface area contributed by atoms with Crippen LogP contribution >= 0.6 is 11.6 Å². The Hall–Kier alpha value is -0.580. The van der Waals surface area contributed by atoms with Gasteiger partial charge in [-0.15, -0.1) is 11.6 Å². The molecule has 0 atom stereocenters. The van der Waals surface area contributed by atoms with Crippen molar-refractivity contribution in [2.24, 2.45) is 0 Å². The third kappa shape index (κ3) is 3.69. The number of halogens is 1. The van der Waals surface area contributed by atoms with Crippen LogP contribution in [0.3, 0.4) is 0 Å². The Labute approximate surface area is 108 Å². The molecule has 96 valence electrons. The minimum Gasteiger partial charge on any atom is -0.211 e. The topological polar surface area (TPSA) is 46.2 Å². The molecule has 1 aromatic rings. The Morgan fingerprint density at radius 3 is 2.53 bits per heavy atom. The average Bonchev–Trinajstić information content (AvgIpc) is 2.35. The SMILES string of the molecule is CCCNS(=O)(=O)c1cc(CCl)ccc1CC.